The van der Waals surface area contributed by atoms with Crippen molar-refractivity contribution in [1.29, 1.82) is 0 Å². The molecular formula is C13H22ClNO3S. The monoisotopic (exact) mass is 307 g/mol. The van der Waals surface area contributed by atoms with E-state index in [0.717, 1.165) is 25.7 Å². The van der Waals surface area contributed by atoms with Crippen LogP contribution in [-0.4, -0.2) is 37.8 Å². The zero-order valence-electron chi connectivity index (χ0n) is 11.1. The fourth-order valence-electron chi connectivity index (χ4n) is 3.18. The highest BCUT2D eigenvalue weighted by Gasteiger charge is 2.35. The molecule has 1 aliphatic carbocycles. The van der Waals surface area contributed by atoms with E-state index in [1.54, 1.807) is 0 Å². The molecule has 0 aromatic carbocycles. The van der Waals surface area contributed by atoms with Gasteiger partial charge >= 0.3 is 0 Å². The summed E-state index contributed by atoms with van der Waals surface area (Å²) in [7, 11) is -3.23. The highest BCUT2D eigenvalue weighted by molar-refractivity contribution is 7.92. The van der Waals surface area contributed by atoms with Gasteiger partial charge in [-0.15, -0.1) is 11.6 Å². The number of rotatable bonds is 4. The molecule has 6 heteroatoms. The van der Waals surface area contributed by atoms with Gasteiger partial charge in [-0.05, 0) is 37.5 Å². The fraction of sp³-hybridized carbons (Fsp3) is 0.923. The van der Waals surface area contributed by atoms with E-state index in [0.29, 0.717) is 37.1 Å². The van der Waals surface area contributed by atoms with Crippen LogP contribution < -0.4 is 5.32 Å². The van der Waals surface area contributed by atoms with E-state index in [2.05, 4.69) is 5.32 Å². The maximum atomic E-state index is 12.0. The lowest BCUT2D eigenvalue weighted by molar-refractivity contribution is -0.121. The number of halogens is 1. The first-order valence-electron chi connectivity index (χ1n) is 7.10. The van der Waals surface area contributed by atoms with Crippen LogP contribution in [0.15, 0.2) is 0 Å². The number of carbonyl (C=O) groups is 1. The van der Waals surface area contributed by atoms with Gasteiger partial charge in [0.05, 0.1) is 5.75 Å². The second-order valence-electron chi connectivity index (χ2n) is 5.70. The second-order valence-corrected chi connectivity index (χ2v) is 8.31. The smallest absolute Gasteiger partial charge is 0.238 e. The number of hydrogen-bond donors (Lipinski definition) is 1. The van der Waals surface area contributed by atoms with Crippen LogP contribution in [0.1, 0.15) is 38.5 Å². The number of alkyl halides is 1. The Labute approximate surface area is 120 Å². The molecule has 0 aromatic rings. The van der Waals surface area contributed by atoms with Gasteiger partial charge in [-0.25, -0.2) is 8.42 Å². The Kier molecular flexibility index (Phi) is 5.12. The minimum absolute atomic E-state index is 0.152. The van der Waals surface area contributed by atoms with Crippen LogP contribution in [0, 0.1) is 11.8 Å². The highest BCUT2D eigenvalue weighted by atomic mass is 35.5. The van der Waals surface area contributed by atoms with Crippen LogP contribution in [0.25, 0.3) is 0 Å². The minimum Gasteiger partial charge on any atom is -0.355 e. The van der Waals surface area contributed by atoms with Gasteiger partial charge in [0.1, 0.15) is 5.25 Å². The van der Waals surface area contributed by atoms with Crippen LogP contribution >= 0.6 is 11.6 Å². The van der Waals surface area contributed by atoms with Crippen molar-refractivity contribution in [2.45, 2.75) is 43.8 Å². The van der Waals surface area contributed by atoms with Crippen LogP contribution in [-0.2, 0) is 14.6 Å². The molecular weight excluding hydrogens is 286 g/mol. The van der Waals surface area contributed by atoms with Gasteiger partial charge in [0.15, 0.2) is 9.84 Å². The Bertz CT molecular complexity index is 424. The van der Waals surface area contributed by atoms with Crippen LogP contribution in [0.3, 0.4) is 0 Å². The van der Waals surface area contributed by atoms with E-state index in [9.17, 15) is 13.2 Å². The summed E-state index contributed by atoms with van der Waals surface area (Å²) in [5.74, 6) is 1.35. The third kappa shape index (κ3) is 3.63. The highest BCUT2D eigenvalue weighted by Crippen LogP contribution is 2.32. The van der Waals surface area contributed by atoms with Gasteiger partial charge in [-0.2, -0.15) is 0 Å². The first-order chi connectivity index (χ1) is 9.04. The summed E-state index contributed by atoms with van der Waals surface area (Å²) in [5, 5.41) is 2.02. The number of carbonyl (C=O) groups excluding carboxylic acids is 1. The minimum atomic E-state index is -3.23. The average Bonchev–Trinajstić information content (AvgIpc) is 2.82. The predicted molar refractivity (Wildman–Crippen MR) is 76.0 cm³/mol. The van der Waals surface area contributed by atoms with Crippen molar-refractivity contribution in [2.24, 2.45) is 11.8 Å². The van der Waals surface area contributed by atoms with Crippen molar-refractivity contribution in [3.8, 4) is 0 Å². The maximum Gasteiger partial charge on any atom is 0.238 e. The summed E-state index contributed by atoms with van der Waals surface area (Å²) < 4.78 is 23.7. The Hall–Kier alpha value is -0.290. The molecule has 0 radical (unpaired) electrons. The Balaban J connectivity index is 1.87. The van der Waals surface area contributed by atoms with E-state index < -0.39 is 15.1 Å². The van der Waals surface area contributed by atoms with Crippen LogP contribution in [0.4, 0.5) is 0 Å². The number of nitrogens with one attached hydrogen (secondary N) is 1. The van der Waals surface area contributed by atoms with E-state index in [-0.39, 0.29) is 11.7 Å². The fourth-order valence-corrected chi connectivity index (χ4v) is 5.41. The van der Waals surface area contributed by atoms with Crippen LogP contribution in [0.5, 0.6) is 0 Å². The van der Waals surface area contributed by atoms with Crippen molar-refractivity contribution < 1.29 is 13.2 Å². The summed E-state index contributed by atoms with van der Waals surface area (Å²) in [6.07, 6.45) is 5.33. The standard InChI is InChI=1S/C13H22ClNO3S/c14-8-10-4-3-5-11(10)9-15-13(16)12-6-1-2-7-19(12,17)18/h10-12H,1-9H2,(H,15,16). The summed E-state index contributed by atoms with van der Waals surface area (Å²) in [4.78, 5) is 12.0. The van der Waals surface area contributed by atoms with Crippen LogP contribution in [0.2, 0.25) is 0 Å². The van der Waals surface area contributed by atoms with E-state index >= 15 is 0 Å². The SMILES string of the molecule is O=C(NCC1CCCC1CCl)C1CCCCS1(=O)=O. The van der Waals surface area contributed by atoms with E-state index in [1.165, 1.54) is 0 Å². The molecule has 110 valence electrons. The van der Waals surface area contributed by atoms with Crippen molar-refractivity contribution in [1.82, 2.24) is 5.32 Å². The third-order valence-corrected chi connectivity index (χ3v) is 7.00. The molecule has 3 unspecified atom stereocenters. The molecule has 0 bridgehead atoms. The lowest BCUT2D eigenvalue weighted by atomic mass is 9.98. The second kappa shape index (κ2) is 6.44. The lowest BCUT2D eigenvalue weighted by Gasteiger charge is -2.23. The van der Waals surface area contributed by atoms with E-state index in [4.69, 9.17) is 11.6 Å². The molecule has 19 heavy (non-hydrogen) atoms. The molecule has 0 spiro atoms. The van der Waals surface area contributed by atoms with Gasteiger partial charge in [-0.1, -0.05) is 12.8 Å². The molecule has 1 saturated heterocycles. The molecule has 1 aliphatic heterocycles. The topological polar surface area (TPSA) is 63.2 Å². The molecule has 4 nitrogen and oxygen atoms in total. The number of amides is 1. The largest absolute Gasteiger partial charge is 0.355 e. The zero-order chi connectivity index (χ0) is 13.9. The molecule has 2 rings (SSSR count). The summed E-state index contributed by atoms with van der Waals surface area (Å²) in [6, 6.07) is 0. The Morgan fingerprint density at radius 2 is 1.84 bits per heavy atom. The first-order valence-corrected chi connectivity index (χ1v) is 9.35. The number of sulfone groups is 1. The molecule has 3 atom stereocenters. The molecule has 2 aliphatic rings. The van der Waals surface area contributed by atoms with Crippen molar-refractivity contribution in [3.05, 3.63) is 0 Å². The van der Waals surface area contributed by atoms with Gasteiger partial charge in [0.2, 0.25) is 5.91 Å². The first kappa shape index (κ1) is 15.1. The normalized spacial score (nSPS) is 34.1. The van der Waals surface area contributed by atoms with Crippen molar-refractivity contribution >= 4 is 27.3 Å². The van der Waals surface area contributed by atoms with Gasteiger partial charge in [0.25, 0.3) is 0 Å². The molecule has 1 amide bonds. The summed E-state index contributed by atoms with van der Waals surface area (Å²) in [5.41, 5.74) is 0. The van der Waals surface area contributed by atoms with Gasteiger partial charge < -0.3 is 5.32 Å². The summed E-state index contributed by atoms with van der Waals surface area (Å²) in [6.45, 7) is 0.572. The van der Waals surface area contributed by atoms with Crippen molar-refractivity contribution in [2.75, 3.05) is 18.2 Å². The third-order valence-electron chi connectivity index (χ3n) is 4.42. The maximum absolute atomic E-state index is 12.0. The van der Waals surface area contributed by atoms with Gasteiger partial charge in [-0.3, -0.25) is 4.79 Å². The predicted octanol–water partition coefficient (Wildman–Crippen LogP) is 1.72. The van der Waals surface area contributed by atoms with Gasteiger partial charge in [0, 0.05) is 12.4 Å². The molecule has 2 fully saturated rings. The molecule has 1 saturated carbocycles. The number of hydrogen-bond acceptors (Lipinski definition) is 3. The molecule has 0 aromatic heterocycles. The summed E-state index contributed by atoms with van der Waals surface area (Å²) >= 11 is 5.90. The molecule has 1 heterocycles. The Morgan fingerprint density at radius 1 is 1.11 bits per heavy atom. The Morgan fingerprint density at radius 3 is 2.53 bits per heavy atom. The quantitative estimate of drug-likeness (QED) is 0.805. The lowest BCUT2D eigenvalue weighted by Crippen LogP contribution is -2.44. The van der Waals surface area contributed by atoms with E-state index in [1.807, 2.05) is 0 Å². The average molecular weight is 308 g/mol. The zero-order valence-corrected chi connectivity index (χ0v) is 12.7. The van der Waals surface area contributed by atoms with Crippen molar-refractivity contribution in [3.63, 3.8) is 0 Å². The molecule has 1 N–H and O–H groups in total.